The van der Waals surface area contributed by atoms with Crippen LogP contribution in [0.4, 0.5) is 13.2 Å². The van der Waals surface area contributed by atoms with Gasteiger partial charge in [-0.25, -0.2) is 4.79 Å². The lowest BCUT2D eigenvalue weighted by Gasteiger charge is -2.08. The number of aryl methyl sites for hydroxylation is 2. The Bertz CT molecular complexity index is 860. The van der Waals surface area contributed by atoms with E-state index in [-0.39, 0.29) is 6.42 Å². The molecule has 0 fully saturated rings. The van der Waals surface area contributed by atoms with Crippen molar-refractivity contribution in [1.29, 1.82) is 0 Å². The molecule has 0 unspecified atom stereocenters. The van der Waals surface area contributed by atoms with Gasteiger partial charge in [0.25, 0.3) is 0 Å². The van der Waals surface area contributed by atoms with Crippen LogP contribution < -0.4 is 10.1 Å². The second-order valence-corrected chi connectivity index (χ2v) is 7.94. The van der Waals surface area contributed by atoms with Gasteiger partial charge in [0.15, 0.2) is 0 Å². The van der Waals surface area contributed by atoms with Crippen LogP contribution in [0.1, 0.15) is 30.4 Å². The molecule has 0 saturated carbocycles. The summed E-state index contributed by atoms with van der Waals surface area (Å²) < 4.78 is 38.7. The number of nitrogens with one attached hydrogen (secondary N) is 1. The van der Waals surface area contributed by atoms with E-state index >= 15 is 0 Å². The van der Waals surface area contributed by atoms with E-state index in [0.717, 1.165) is 42.5 Å². The summed E-state index contributed by atoms with van der Waals surface area (Å²) in [5.74, 6) is -2.61. The molecule has 2 aromatic carbocycles. The number of rotatable bonds is 12. The predicted molar refractivity (Wildman–Crippen MR) is 122 cm³/mol. The van der Waals surface area contributed by atoms with E-state index in [0.29, 0.717) is 13.2 Å². The molecule has 3 N–H and O–H groups in total. The highest BCUT2D eigenvalue weighted by Crippen LogP contribution is 2.16. The molecule has 0 aliphatic carbocycles. The van der Waals surface area contributed by atoms with Crippen molar-refractivity contribution in [1.82, 2.24) is 5.32 Å². The van der Waals surface area contributed by atoms with Gasteiger partial charge in [0.05, 0.1) is 13.0 Å². The number of ether oxygens (including phenoxy) is 1. The van der Waals surface area contributed by atoms with Gasteiger partial charge < -0.3 is 20.3 Å². The first-order valence-electron chi connectivity index (χ1n) is 10.3. The fraction of sp³-hybridized carbons (Fsp3) is 0.391. The number of hydrogen-bond donors (Lipinski definition) is 3. The third kappa shape index (κ3) is 14.2. The maximum atomic E-state index is 10.6. The molecule has 0 bridgehead atoms. The van der Waals surface area contributed by atoms with E-state index in [2.05, 4.69) is 51.6 Å². The molecule has 0 aromatic heterocycles. The average Bonchev–Trinajstić information content (AvgIpc) is 2.74. The minimum atomic E-state index is -5.08. The Kier molecular flexibility index (Phi) is 13.2. The van der Waals surface area contributed by atoms with Crippen LogP contribution in [0.2, 0.25) is 0 Å². The molecule has 0 spiro atoms. The number of hydrogen-bond acceptors (Lipinski definition) is 4. The van der Waals surface area contributed by atoms with Gasteiger partial charge in [-0.1, -0.05) is 40.2 Å². The maximum absolute atomic E-state index is 10.6. The zero-order valence-electron chi connectivity index (χ0n) is 17.9. The van der Waals surface area contributed by atoms with Crippen LogP contribution in [0, 0.1) is 0 Å². The zero-order valence-corrected chi connectivity index (χ0v) is 19.5. The molecule has 0 heterocycles. The van der Waals surface area contributed by atoms with Gasteiger partial charge in [0, 0.05) is 11.0 Å². The molecule has 0 radical (unpaired) electrons. The number of carbonyl (C=O) groups is 2. The van der Waals surface area contributed by atoms with Crippen molar-refractivity contribution in [3.05, 3.63) is 64.1 Å². The minimum Gasteiger partial charge on any atom is -0.494 e. The summed E-state index contributed by atoms with van der Waals surface area (Å²) in [7, 11) is 0. The predicted octanol–water partition coefficient (Wildman–Crippen LogP) is 5.09. The second-order valence-electron chi connectivity index (χ2n) is 7.03. The van der Waals surface area contributed by atoms with Gasteiger partial charge in [-0.15, -0.1) is 0 Å². The highest BCUT2D eigenvalue weighted by molar-refractivity contribution is 9.10. The van der Waals surface area contributed by atoms with Crippen molar-refractivity contribution < 1.29 is 37.7 Å². The number of carboxylic acids is 2. The lowest BCUT2D eigenvalue weighted by molar-refractivity contribution is -0.192. The maximum Gasteiger partial charge on any atom is 0.490 e. The molecule has 33 heavy (non-hydrogen) atoms. The van der Waals surface area contributed by atoms with Gasteiger partial charge in [0.1, 0.15) is 5.75 Å². The first-order chi connectivity index (χ1) is 15.6. The molecule has 182 valence electrons. The van der Waals surface area contributed by atoms with Crippen molar-refractivity contribution in [3.8, 4) is 5.75 Å². The molecule has 0 aliphatic heterocycles. The third-order valence-electron chi connectivity index (χ3n) is 4.27. The number of halogens is 4. The van der Waals surface area contributed by atoms with E-state index in [1.807, 2.05) is 18.2 Å². The van der Waals surface area contributed by atoms with Crippen LogP contribution >= 0.6 is 15.9 Å². The van der Waals surface area contributed by atoms with E-state index in [1.54, 1.807) is 0 Å². The molecule has 10 heteroatoms. The number of carboxylic acid groups (broad SMARTS) is 2. The summed E-state index contributed by atoms with van der Waals surface area (Å²) in [5, 5.41) is 18.8. The Morgan fingerprint density at radius 2 is 1.58 bits per heavy atom. The van der Waals surface area contributed by atoms with Crippen LogP contribution in [0.3, 0.4) is 0 Å². The zero-order chi connectivity index (χ0) is 24.7. The molecule has 0 amide bonds. The van der Waals surface area contributed by atoms with Crippen LogP contribution in [0.5, 0.6) is 5.75 Å². The fourth-order valence-electron chi connectivity index (χ4n) is 2.65. The van der Waals surface area contributed by atoms with Crippen molar-refractivity contribution in [2.45, 2.75) is 38.3 Å². The molecule has 6 nitrogen and oxygen atoms in total. The van der Waals surface area contributed by atoms with Crippen molar-refractivity contribution in [2.24, 2.45) is 0 Å². The normalized spacial score (nSPS) is 10.8. The van der Waals surface area contributed by atoms with Gasteiger partial charge in [0.2, 0.25) is 0 Å². The number of benzene rings is 2. The summed E-state index contributed by atoms with van der Waals surface area (Å²) in [5.41, 5.74) is 2.59. The van der Waals surface area contributed by atoms with Crippen molar-refractivity contribution in [2.75, 3.05) is 19.7 Å². The summed E-state index contributed by atoms with van der Waals surface area (Å²) in [6.45, 7) is 2.07. The summed E-state index contributed by atoms with van der Waals surface area (Å²) in [4.78, 5) is 19.3. The Morgan fingerprint density at radius 1 is 0.939 bits per heavy atom. The second kappa shape index (κ2) is 15.3. The van der Waals surface area contributed by atoms with E-state index in [9.17, 15) is 18.0 Å². The molecular formula is C23H27BrF3NO5. The lowest BCUT2D eigenvalue weighted by Crippen LogP contribution is -2.21. The fourth-order valence-corrected chi connectivity index (χ4v) is 3.10. The highest BCUT2D eigenvalue weighted by Gasteiger charge is 2.38. The highest BCUT2D eigenvalue weighted by atomic mass is 79.9. The topological polar surface area (TPSA) is 95.9 Å². The van der Waals surface area contributed by atoms with Crippen molar-refractivity contribution in [3.63, 3.8) is 0 Å². The first-order valence-corrected chi connectivity index (χ1v) is 11.1. The van der Waals surface area contributed by atoms with Gasteiger partial charge in [-0.2, -0.15) is 13.2 Å². The Balaban J connectivity index is 0.000000675. The Labute approximate surface area is 198 Å². The summed E-state index contributed by atoms with van der Waals surface area (Å²) in [6, 6.07) is 16.6. The number of alkyl halides is 3. The van der Waals surface area contributed by atoms with E-state index in [4.69, 9.17) is 19.7 Å². The van der Waals surface area contributed by atoms with Crippen molar-refractivity contribution >= 4 is 27.9 Å². The quantitative estimate of drug-likeness (QED) is 0.329. The SMILES string of the molecule is O=C(O)C(F)(F)F.O=C(O)CCNCCCc1ccc(OCCCc2cccc(Br)c2)cc1. The van der Waals surface area contributed by atoms with Crippen LogP contribution in [-0.2, 0) is 22.4 Å². The third-order valence-corrected chi connectivity index (χ3v) is 4.76. The van der Waals surface area contributed by atoms with Crippen LogP contribution in [-0.4, -0.2) is 48.0 Å². The largest absolute Gasteiger partial charge is 0.494 e. The standard InChI is InChI=1S/C21H26BrNO3.C2HF3O2/c22-19-7-1-4-18(16-19)6-3-15-26-20-10-8-17(9-11-20)5-2-13-23-14-12-21(24)25;3-2(4,5)1(6)7/h1,4,7-11,16,23H,2-3,5-6,12-15H2,(H,24,25);(H,6,7). The smallest absolute Gasteiger partial charge is 0.490 e. The molecule has 0 saturated heterocycles. The molecular weight excluding hydrogens is 507 g/mol. The first kappa shape index (κ1) is 28.4. The Morgan fingerprint density at radius 3 is 2.15 bits per heavy atom. The molecule has 2 aromatic rings. The molecule has 0 aliphatic rings. The van der Waals surface area contributed by atoms with Crippen LogP contribution in [0.25, 0.3) is 0 Å². The van der Waals surface area contributed by atoms with Gasteiger partial charge >= 0.3 is 18.1 Å². The van der Waals surface area contributed by atoms with Crippen LogP contribution in [0.15, 0.2) is 53.0 Å². The van der Waals surface area contributed by atoms with E-state index < -0.39 is 18.1 Å². The van der Waals surface area contributed by atoms with Gasteiger partial charge in [-0.3, -0.25) is 4.79 Å². The lowest BCUT2D eigenvalue weighted by atomic mass is 10.1. The van der Waals surface area contributed by atoms with E-state index in [1.165, 1.54) is 11.1 Å². The number of aliphatic carboxylic acids is 2. The summed E-state index contributed by atoms with van der Waals surface area (Å²) >= 11 is 3.49. The average molecular weight is 534 g/mol. The molecule has 0 atom stereocenters. The molecule has 2 rings (SSSR count). The monoisotopic (exact) mass is 533 g/mol. The minimum absolute atomic E-state index is 0.174. The Hall–Kier alpha value is -2.59. The summed E-state index contributed by atoms with van der Waals surface area (Å²) in [6.07, 6.45) is -0.949. The van der Waals surface area contributed by atoms with Gasteiger partial charge in [-0.05, 0) is 67.6 Å².